The van der Waals surface area contributed by atoms with Crippen LogP contribution < -0.4 is 0 Å². The highest BCUT2D eigenvalue weighted by atomic mass is 32.2. The minimum absolute atomic E-state index is 0.525. The number of sulfonamides is 1. The summed E-state index contributed by atoms with van der Waals surface area (Å²) in [5.74, 6) is -51.7. The highest BCUT2D eigenvalue weighted by Crippen LogP contribution is 2.64. The SMILES string of the molecule is C=COCCN(CCC)S(=O)(=O)C(F)(F)C(F)(F)C(F)(F)C(F)(F)C(F)(F)C(F)(F)C(F)(F)C(F)(F)F. The van der Waals surface area contributed by atoms with Gasteiger partial charge in [-0.2, -0.15) is 78.9 Å². The largest absolute Gasteiger partial charge is 0.500 e. The lowest BCUT2D eigenvalue weighted by atomic mass is 9.91. The van der Waals surface area contributed by atoms with E-state index in [1.54, 1.807) is 0 Å². The van der Waals surface area contributed by atoms with Crippen LogP contribution in [0.1, 0.15) is 13.3 Å². The van der Waals surface area contributed by atoms with Crippen LogP contribution in [-0.4, -0.2) is 79.4 Å². The Morgan fingerprint density at radius 3 is 1.32 bits per heavy atom. The minimum Gasteiger partial charge on any atom is -0.500 e. The van der Waals surface area contributed by atoms with Crippen LogP contribution >= 0.6 is 0 Å². The van der Waals surface area contributed by atoms with Gasteiger partial charge in [0, 0.05) is 13.1 Å². The fourth-order valence-corrected chi connectivity index (χ4v) is 3.83. The molecular formula is C15H14F17NO3S. The van der Waals surface area contributed by atoms with Crippen molar-refractivity contribution >= 4 is 10.0 Å². The fraction of sp³-hybridized carbons (Fsp3) is 0.867. The van der Waals surface area contributed by atoms with Crippen molar-refractivity contribution in [2.75, 3.05) is 19.7 Å². The molecule has 0 saturated heterocycles. The molecule has 0 aliphatic carbocycles. The van der Waals surface area contributed by atoms with Gasteiger partial charge in [0.15, 0.2) is 0 Å². The minimum atomic E-state index is -8.86. The Hall–Kier alpha value is -1.74. The van der Waals surface area contributed by atoms with E-state index in [0.29, 0.717) is 6.26 Å². The summed E-state index contributed by atoms with van der Waals surface area (Å²) in [5.41, 5.74) is 0. The number of ether oxygens (including phenoxy) is 1. The maximum atomic E-state index is 14.2. The Morgan fingerprint density at radius 1 is 0.649 bits per heavy atom. The molecule has 0 fully saturated rings. The number of hydrogen-bond donors (Lipinski definition) is 0. The van der Waals surface area contributed by atoms with E-state index in [4.69, 9.17) is 0 Å². The highest BCUT2D eigenvalue weighted by molar-refractivity contribution is 7.90. The topological polar surface area (TPSA) is 46.6 Å². The van der Waals surface area contributed by atoms with Crippen LogP contribution in [0.3, 0.4) is 0 Å². The van der Waals surface area contributed by atoms with Gasteiger partial charge in [0.25, 0.3) is 10.0 Å². The van der Waals surface area contributed by atoms with Gasteiger partial charge in [0.05, 0.1) is 6.26 Å². The molecule has 4 nitrogen and oxygen atoms in total. The molecule has 0 radical (unpaired) electrons. The van der Waals surface area contributed by atoms with Crippen LogP contribution in [0.4, 0.5) is 74.6 Å². The third-order valence-corrected chi connectivity index (χ3v) is 6.36. The monoisotopic (exact) mass is 611 g/mol. The van der Waals surface area contributed by atoms with E-state index >= 15 is 0 Å². The van der Waals surface area contributed by atoms with Gasteiger partial charge >= 0.3 is 47.0 Å². The first-order valence-corrected chi connectivity index (χ1v) is 10.4. The Morgan fingerprint density at radius 2 is 1.00 bits per heavy atom. The summed E-state index contributed by atoms with van der Waals surface area (Å²) in [7, 11) is -7.32. The molecule has 0 saturated carbocycles. The molecular weight excluding hydrogens is 597 g/mol. The third-order valence-electron chi connectivity index (χ3n) is 4.41. The zero-order valence-corrected chi connectivity index (χ0v) is 18.4. The van der Waals surface area contributed by atoms with Crippen LogP contribution in [0.25, 0.3) is 0 Å². The second-order valence-electron chi connectivity index (χ2n) is 6.90. The molecule has 0 aliphatic heterocycles. The zero-order valence-electron chi connectivity index (χ0n) is 17.6. The quantitative estimate of drug-likeness (QED) is 0.135. The van der Waals surface area contributed by atoms with Crippen LogP contribution in [0, 0.1) is 0 Å². The summed E-state index contributed by atoms with van der Waals surface area (Å²) in [6.45, 7) is 0.167. The van der Waals surface area contributed by atoms with Gasteiger partial charge < -0.3 is 4.74 Å². The molecule has 22 heteroatoms. The average molecular weight is 611 g/mol. The van der Waals surface area contributed by atoms with Crippen molar-refractivity contribution in [1.29, 1.82) is 0 Å². The maximum absolute atomic E-state index is 14.2. The number of nitrogens with zero attached hydrogens (tertiary/aromatic N) is 1. The van der Waals surface area contributed by atoms with Gasteiger partial charge in [-0.05, 0) is 6.42 Å². The number of rotatable bonds is 14. The van der Waals surface area contributed by atoms with Crippen molar-refractivity contribution in [2.45, 2.75) is 60.3 Å². The van der Waals surface area contributed by atoms with Gasteiger partial charge in [-0.3, -0.25) is 0 Å². The smallest absolute Gasteiger partial charge is 0.460 e. The van der Waals surface area contributed by atoms with Crippen LogP contribution in [0.5, 0.6) is 0 Å². The van der Waals surface area contributed by atoms with E-state index in [-0.39, 0.29) is 0 Å². The van der Waals surface area contributed by atoms with Crippen molar-refractivity contribution < 1.29 is 87.8 Å². The van der Waals surface area contributed by atoms with Crippen molar-refractivity contribution in [1.82, 2.24) is 4.31 Å². The fourth-order valence-electron chi connectivity index (χ4n) is 2.31. The molecule has 0 N–H and O–H groups in total. The molecule has 0 amide bonds. The molecule has 0 atom stereocenters. The molecule has 0 aliphatic rings. The number of hydrogen-bond acceptors (Lipinski definition) is 3. The maximum Gasteiger partial charge on any atom is 0.460 e. The summed E-state index contributed by atoms with van der Waals surface area (Å²) < 4.78 is 254. The lowest BCUT2D eigenvalue weighted by Crippen LogP contribution is -2.75. The zero-order chi connectivity index (χ0) is 30.3. The molecule has 0 aromatic heterocycles. The van der Waals surface area contributed by atoms with E-state index in [0.717, 1.165) is 6.92 Å². The Kier molecular flexibility index (Phi) is 9.62. The third kappa shape index (κ3) is 5.02. The van der Waals surface area contributed by atoms with Crippen molar-refractivity contribution in [3.8, 4) is 0 Å². The molecule has 0 aromatic carbocycles. The molecule has 37 heavy (non-hydrogen) atoms. The molecule has 0 aromatic rings. The van der Waals surface area contributed by atoms with Gasteiger partial charge in [0.2, 0.25) is 0 Å². The summed E-state index contributed by atoms with van der Waals surface area (Å²) in [6, 6.07) is 0. The van der Waals surface area contributed by atoms with Gasteiger partial charge in [0.1, 0.15) is 6.61 Å². The Labute approximate surface area is 196 Å². The standard InChI is InChI=1S/C15H14F17NO3S/c1-3-5-33(6-7-36-4-2)37(34,35)15(31,32)13(26,27)11(22,23)9(18,19)8(16,17)10(20,21)12(24,25)14(28,29)30/h4H,2-3,5-7H2,1H3. The van der Waals surface area contributed by atoms with Gasteiger partial charge in [-0.15, -0.1) is 0 Å². The Bertz CT molecular complexity index is 913. The molecule has 0 bridgehead atoms. The summed E-state index contributed by atoms with van der Waals surface area (Å²) >= 11 is 0. The summed E-state index contributed by atoms with van der Waals surface area (Å²) in [4.78, 5) is 0. The lowest BCUT2D eigenvalue weighted by molar-refractivity contribution is -0.458. The first-order chi connectivity index (χ1) is 16.0. The van der Waals surface area contributed by atoms with Crippen LogP contribution in [-0.2, 0) is 14.8 Å². The van der Waals surface area contributed by atoms with E-state index in [9.17, 15) is 83.1 Å². The van der Waals surface area contributed by atoms with Crippen molar-refractivity contribution in [2.24, 2.45) is 0 Å². The first kappa shape index (κ1) is 35.3. The van der Waals surface area contributed by atoms with E-state index < -0.39 is 87.4 Å². The van der Waals surface area contributed by atoms with Crippen LogP contribution in [0.15, 0.2) is 12.8 Å². The lowest BCUT2D eigenvalue weighted by Gasteiger charge is -2.43. The Balaban J connectivity index is 6.95. The van der Waals surface area contributed by atoms with Crippen LogP contribution in [0.2, 0.25) is 0 Å². The molecule has 0 heterocycles. The molecule has 222 valence electrons. The summed E-state index contributed by atoms with van der Waals surface area (Å²) in [6.07, 6.45) is -7.93. The van der Waals surface area contributed by atoms with Crippen molar-refractivity contribution in [3.05, 3.63) is 12.8 Å². The second-order valence-corrected chi connectivity index (χ2v) is 8.88. The second kappa shape index (κ2) is 10.1. The van der Waals surface area contributed by atoms with Gasteiger partial charge in [-0.1, -0.05) is 13.5 Å². The molecule has 0 unspecified atom stereocenters. The number of alkyl halides is 17. The molecule has 0 spiro atoms. The average Bonchev–Trinajstić information content (AvgIpc) is 2.71. The predicted octanol–water partition coefficient (Wildman–Crippen LogP) is 6.16. The predicted molar refractivity (Wildman–Crippen MR) is 87.6 cm³/mol. The number of halogens is 17. The van der Waals surface area contributed by atoms with E-state index in [1.165, 1.54) is 0 Å². The summed E-state index contributed by atoms with van der Waals surface area (Å²) in [5, 5.41) is -7.58. The highest BCUT2D eigenvalue weighted by Gasteiger charge is 2.96. The van der Waals surface area contributed by atoms with E-state index in [2.05, 4.69) is 11.3 Å². The van der Waals surface area contributed by atoms with Crippen molar-refractivity contribution in [3.63, 3.8) is 0 Å². The molecule has 0 rings (SSSR count). The van der Waals surface area contributed by atoms with Gasteiger partial charge in [-0.25, -0.2) is 8.42 Å². The van der Waals surface area contributed by atoms with E-state index in [1.807, 2.05) is 0 Å². The normalized spacial score (nSPS) is 15.8. The first-order valence-electron chi connectivity index (χ1n) is 8.95.